The van der Waals surface area contributed by atoms with Crippen LogP contribution in [-0.4, -0.2) is 0 Å². The Balaban J connectivity index is 0.000000280. The summed E-state index contributed by atoms with van der Waals surface area (Å²) >= 11 is 0. The SMILES string of the molecule is CC(C)(C)C1CCC(C(C)(C)C)CC1.CC(C)(C)c1ccc(C(C)(C)C)cc1. The number of hydrogen-bond donors (Lipinski definition) is 0. The van der Waals surface area contributed by atoms with Crippen LogP contribution in [0.4, 0.5) is 0 Å². The summed E-state index contributed by atoms with van der Waals surface area (Å²) in [6.45, 7) is 27.9. The molecule has 0 heterocycles. The summed E-state index contributed by atoms with van der Waals surface area (Å²) in [5, 5.41) is 0. The van der Waals surface area contributed by atoms with Crippen LogP contribution in [0.25, 0.3) is 0 Å². The van der Waals surface area contributed by atoms with Crippen LogP contribution in [0.5, 0.6) is 0 Å². The van der Waals surface area contributed by atoms with E-state index in [1.54, 1.807) is 0 Å². The van der Waals surface area contributed by atoms with Crippen molar-refractivity contribution in [2.24, 2.45) is 22.7 Å². The minimum Gasteiger partial charge on any atom is -0.0599 e. The molecule has 1 aromatic carbocycles. The van der Waals surface area contributed by atoms with Crippen LogP contribution in [0.1, 0.15) is 120 Å². The van der Waals surface area contributed by atoms with Gasteiger partial charge in [-0.2, -0.15) is 0 Å². The fourth-order valence-electron chi connectivity index (χ4n) is 4.30. The van der Waals surface area contributed by atoms with Gasteiger partial charge in [0, 0.05) is 0 Å². The lowest BCUT2D eigenvalue weighted by atomic mass is 9.64. The summed E-state index contributed by atoms with van der Waals surface area (Å²) in [7, 11) is 0. The Morgan fingerprint density at radius 3 is 0.821 bits per heavy atom. The van der Waals surface area contributed by atoms with Gasteiger partial charge in [0.2, 0.25) is 0 Å². The highest BCUT2D eigenvalue weighted by Crippen LogP contribution is 2.45. The molecule has 1 aliphatic carbocycles. The maximum Gasteiger partial charge on any atom is -0.0132 e. The van der Waals surface area contributed by atoms with Gasteiger partial charge in [0.25, 0.3) is 0 Å². The summed E-state index contributed by atoms with van der Waals surface area (Å²) in [6, 6.07) is 9.00. The minimum atomic E-state index is 0.260. The molecule has 2 rings (SSSR count). The average Bonchev–Trinajstić information content (AvgIpc) is 2.52. The van der Waals surface area contributed by atoms with E-state index in [9.17, 15) is 0 Å². The van der Waals surface area contributed by atoms with Crippen molar-refractivity contribution in [1.29, 1.82) is 0 Å². The molecule has 28 heavy (non-hydrogen) atoms. The van der Waals surface area contributed by atoms with Gasteiger partial charge in [0.1, 0.15) is 0 Å². The van der Waals surface area contributed by atoms with E-state index in [0.717, 1.165) is 11.8 Å². The second-order valence-corrected chi connectivity index (χ2v) is 13.4. The van der Waals surface area contributed by atoms with Gasteiger partial charge < -0.3 is 0 Å². The van der Waals surface area contributed by atoms with E-state index >= 15 is 0 Å². The van der Waals surface area contributed by atoms with E-state index in [1.807, 2.05) is 0 Å². The van der Waals surface area contributed by atoms with Gasteiger partial charge in [0.05, 0.1) is 0 Å². The van der Waals surface area contributed by atoms with Crippen LogP contribution in [-0.2, 0) is 10.8 Å². The third-order valence-corrected chi connectivity index (χ3v) is 6.79. The molecule has 1 aromatic rings. The van der Waals surface area contributed by atoms with E-state index in [-0.39, 0.29) is 10.8 Å². The fraction of sp³-hybridized carbons (Fsp3) is 0.786. The van der Waals surface area contributed by atoms with Crippen molar-refractivity contribution >= 4 is 0 Å². The maximum atomic E-state index is 2.40. The van der Waals surface area contributed by atoms with Crippen molar-refractivity contribution in [3.8, 4) is 0 Å². The van der Waals surface area contributed by atoms with Crippen LogP contribution < -0.4 is 0 Å². The Morgan fingerprint density at radius 2 is 0.679 bits per heavy atom. The van der Waals surface area contributed by atoms with E-state index in [0.29, 0.717) is 10.8 Å². The number of rotatable bonds is 0. The van der Waals surface area contributed by atoms with Crippen LogP contribution in [0.3, 0.4) is 0 Å². The summed E-state index contributed by atoms with van der Waals surface area (Å²) in [5.41, 5.74) is 4.40. The molecule has 1 saturated carbocycles. The Hall–Kier alpha value is -0.780. The molecular weight excluding hydrogens is 336 g/mol. The minimum absolute atomic E-state index is 0.260. The molecule has 162 valence electrons. The standard InChI is InChI=1S/C14H28.C14H22/c2*1-13(2,3)11-7-9-12(10-8-11)14(4,5)6/h11-12H,7-10H2,1-6H3;7-10H,1-6H3. The number of hydrogen-bond acceptors (Lipinski definition) is 0. The molecule has 0 aliphatic heterocycles. The first kappa shape index (κ1) is 25.3. The highest BCUT2D eigenvalue weighted by molar-refractivity contribution is 5.30. The first-order valence-corrected chi connectivity index (χ1v) is 11.5. The molecule has 0 aromatic heterocycles. The van der Waals surface area contributed by atoms with E-state index in [1.165, 1.54) is 36.8 Å². The predicted molar refractivity (Wildman–Crippen MR) is 128 cm³/mol. The van der Waals surface area contributed by atoms with Crippen LogP contribution in [0.15, 0.2) is 24.3 Å². The lowest BCUT2D eigenvalue weighted by Gasteiger charge is -2.41. The molecule has 0 nitrogen and oxygen atoms in total. The van der Waals surface area contributed by atoms with Gasteiger partial charge in [-0.15, -0.1) is 0 Å². The van der Waals surface area contributed by atoms with Crippen LogP contribution in [0, 0.1) is 22.7 Å². The molecule has 0 heteroatoms. The zero-order chi connectivity index (χ0) is 22.0. The van der Waals surface area contributed by atoms with Gasteiger partial charge in [-0.05, 0) is 70.3 Å². The van der Waals surface area contributed by atoms with E-state index in [2.05, 4.69) is 107 Å². The molecule has 0 saturated heterocycles. The summed E-state index contributed by atoms with van der Waals surface area (Å²) in [6.07, 6.45) is 5.80. The van der Waals surface area contributed by atoms with E-state index < -0.39 is 0 Å². The Bertz CT molecular complexity index is 512. The maximum absolute atomic E-state index is 2.40. The van der Waals surface area contributed by atoms with Crippen molar-refractivity contribution in [3.05, 3.63) is 35.4 Å². The smallest absolute Gasteiger partial charge is 0.0132 e. The largest absolute Gasteiger partial charge is 0.0599 e. The van der Waals surface area contributed by atoms with Gasteiger partial charge in [-0.25, -0.2) is 0 Å². The molecule has 0 bridgehead atoms. The Labute approximate surface area is 177 Å². The second-order valence-electron chi connectivity index (χ2n) is 13.4. The molecule has 0 atom stereocenters. The topological polar surface area (TPSA) is 0 Å². The second kappa shape index (κ2) is 8.93. The lowest BCUT2D eigenvalue weighted by Crippen LogP contribution is -2.30. The molecule has 1 aliphatic rings. The highest BCUT2D eigenvalue weighted by atomic mass is 14.4. The zero-order valence-corrected chi connectivity index (χ0v) is 21.3. The monoisotopic (exact) mass is 386 g/mol. The third-order valence-electron chi connectivity index (χ3n) is 6.79. The van der Waals surface area contributed by atoms with Gasteiger partial charge in [0.15, 0.2) is 0 Å². The predicted octanol–water partition coefficient (Wildman–Crippen LogP) is 9.17. The van der Waals surface area contributed by atoms with E-state index in [4.69, 9.17) is 0 Å². The quantitative estimate of drug-likeness (QED) is 0.417. The number of benzene rings is 1. The Morgan fingerprint density at radius 1 is 0.464 bits per heavy atom. The van der Waals surface area contributed by atoms with Crippen LogP contribution >= 0.6 is 0 Å². The zero-order valence-electron chi connectivity index (χ0n) is 21.3. The lowest BCUT2D eigenvalue weighted by molar-refractivity contribution is 0.0970. The van der Waals surface area contributed by atoms with Crippen molar-refractivity contribution in [3.63, 3.8) is 0 Å². The first-order chi connectivity index (χ1) is 12.4. The van der Waals surface area contributed by atoms with Crippen molar-refractivity contribution < 1.29 is 0 Å². The van der Waals surface area contributed by atoms with Crippen molar-refractivity contribution in [1.82, 2.24) is 0 Å². The van der Waals surface area contributed by atoms with Gasteiger partial charge in [-0.1, -0.05) is 107 Å². The summed E-state index contributed by atoms with van der Waals surface area (Å²) in [4.78, 5) is 0. The molecular formula is C28H50. The third kappa shape index (κ3) is 7.92. The van der Waals surface area contributed by atoms with Crippen LogP contribution in [0.2, 0.25) is 0 Å². The molecule has 0 N–H and O–H groups in total. The fourth-order valence-corrected chi connectivity index (χ4v) is 4.30. The first-order valence-electron chi connectivity index (χ1n) is 11.5. The highest BCUT2D eigenvalue weighted by Gasteiger charge is 2.33. The van der Waals surface area contributed by atoms with Crippen molar-refractivity contribution in [2.45, 2.75) is 120 Å². The van der Waals surface area contributed by atoms with Crippen molar-refractivity contribution in [2.75, 3.05) is 0 Å². The Kier molecular flexibility index (Phi) is 8.05. The molecule has 1 fully saturated rings. The summed E-state index contributed by atoms with van der Waals surface area (Å²) in [5.74, 6) is 1.92. The molecule has 0 spiro atoms. The normalized spacial score (nSPS) is 21.7. The molecule has 0 unspecified atom stereocenters. The van der Waals surface area contributed by atoms with Gasteiger partial charge in [-0.3, -0.25) is 0 Å². The average molecular weight is 387 g/mol. The molecule has 0 radical (unpaired) electrons. The molecule has 0 amide bonds. The van der Waals surface area contributed by atoms with Gasteiger partial charge >= 0.3 is 0 Å². The summed E-state index contributed by atoms with van der Waals surface area (Å²) < 4.78 is 0.